The van der Waals surface area contributed by atoms with Gasteiger partial charge in [0.05, 0.1) is 17.1 Å². The number of para-hydroxylation sites is 2. The zero-order valence-corrected chi connectivity index (χ0v) is 14.1. The van der Waals surface area contributed by atoms with Crippen molar-refractivity contribution in [2.75, 3.05) is 24.5 Å². The Kier molecular flexibility index (Phi) is 5.24. The molecule has 1 fully saturated rings. The molecule has 1 amide bonds. The smallest absolute Gasteiger partial charge is 0.243 e. The lowest BCUT2D eigenvalue weighted by Gasteiger charge is -2.29. The van der Waals surface area contributed by atoms with E-state index in [-0.39, 0.29) is 5.91 Å². The van der Waals surface area contributed by atoms with E-state index in [0.29, 0.717) is 23.6 Å². The minimum atomic E-state index is -0.992. The number of aromatic nitrogens is 2. The highest BCUT2D eigenvalue weighted by Gasteiger charge is 2.28. The molecule has 1 N–H and O–H groups in total. The van der Waals surface area contributed by atoms with E-state index >= 15 is 0 Å². The normalized spacial score (nSPS) is 15.4. The first-order valence-corrected chi connectivity index (χ1v) is 8.54. The number of hydrogen-bond donors (Lipinski definition) is 1. The molecule has 2 heterocycles. The van der Waals surface area contributed by atoms with Crippen LogP contribution < -0.4 is 10.2 Å². The summed E-state index contributed by atoms with van der Waals surface area (Å²) < 4.78 is 0. The second-order valence-corrected chi connectivity index (χ2v) is 6.06. The van der Waals surface area contributed by atoms with Gasteiger partial charge in [0.2, 0.25) is 5.91 Å². The van der Waals surface area contributed by atoms with Gasteiger partial charge in [-0.15, -0.1) is 6.58 Å². The SMILES string of the molecule is C=CCNC(=O)[C@H](C#N)c1nc2ccccc2nc1N1CCCCC1. The molecule has 1 aliphatic rings. The Balaban J connectivity index is 2.08. The van der Waals surface area contributed by atoms with Gasteiger partial charge in [-0.2, -0.15) is 5.26 Å². The van der Waals surface area contributed by atoms with Crippen LogP contribution in [0.15, 0.2) is 36.9 Å². The van der Waals surface area contributed by atoms with Crippen molar-refractivity contribution in [2.45, 2.75) is 25.2 Å². The summed E-state index contributed by atoms with van der Waals surface area (Å²) in [6, 6.07) is 9.63. The van der Waals surface area contributed by atoms with Crippen molar-refractivity contribution >= 4 is 22.8 Å². The molecule has 1 saturated heterocycles. The number of amides is 1. The third kappa shape index (κ3) is 3.61. The van der Waals surface area contributed by atoms with Gasteiger partial charge in [-0.25, -0.2) is 9.97 Å². The maximum atomic E-state index is 12.4. The predicted octanol–water partition coefficient (Wildman–Crippen LogP) is 2.53. The summed E-state index contributed by atoms with van der Waals surface area (Å²) in [6.45, 7) is 5.64. The van der Waals surface area contributed by atoms with Gasteiger partial charge >= 0.3 is 0 Å². The van der Waals surface area contributed by atoms with E-state index in [1.165, 1.54) is 6.42 Å². The predicted molar refractivity (Wildman–Crippen MR) is 97.2 cm³/mol. The maximum Gasteiger partial charge on any atom is 0.243 e. The van der Waals surface area contributed by atoms with E-state index < -0.39 is 5.92 Å². The van der Waals surface area contributed by atoms with Crippen LogP contribution in [0.3, 0.4) is 0 Å². The largest absolute Gasteiger partial charge is 0.355 e. The number of rotatable bonds is 5. The van der Waals surface area contributed by atoms with Gasteiger partial charge in [0, 0.05) is 19.6 Å². The molecule has 25 heavy (non-hydrogen) atoms. The van der Waals surface area contributed by atoms with E-state index in [4.69, 9.17) is 4.98 Å². The standard InChI is InChI=1S/C19H21N5O/c1-2-10-21-19(25)14(13-20)17-18(24-11-6-3-7-12-24)23-16-9-5-4-8-15(16)22-17/h2,4-5,8-9,14H,1,3,6-7,10-12H2,(H,21,25)/t14-/m1/s1. The molecule has 2 aromatic rings. The Bertz CT molecular complexity index is 820. The van der Waals surface area contributed by atoms with Crippen molar-refractivity contribution in [2.24, 2.45) is 0 Å². The minimum Gasteiger partial charge on any atom is -0.355 e. The summed E-state index contributed by atoms with van der Waals surface area (Å²) in [4.78, 5) is 24.0. The first-order valence-electron chi connectivity index (χ1n) is 8.54. The molecule has 3 rings (SSSR count). The Morgan fingerprint density at radius 3 is 2.60 bits per heavy atom. The zero-order valence-electron chi connectivity index (χ0n) is 14.1. The van der Waals surface area contributed by atoms with Gasteiger partial charge in [-0.05, 0) is 31.4 Å². The lowest BCUT2D eigenvalue weighted by molar-refractivity contribution is -0.121. The summed E-state index contributed by atoms with van der Waals surface area (Å²) in [5, 5.41) is 12.3. The lowest BCUT2D eigenvalue weighted by atomic mass is 10.0. The lowest BCUT2D eigenvalue weighted by Crippen LogP contribution is -2.34. The van der Waals surface area contributed by atoms with Crippen LogP contribution in [0.4, 0.5) is 5.82 Å². The summed E-state index contributed by atoms with van der Waals surface area (Å²) in [7, 11) is 0. The van der Waals surface area contributed by atoms with Crippen LogP contribution in [0.5, 0.6) is 0 Å². The van der Waals surface area contributed by atoms with Crippen molar-refractivity contribution in [3.63, 3.8) is 0 Å². The number of piperidine rings is 1. The zero-order chi connectivity index (χ0) is 17.6. The Morgan fingerprint density at radius 1 is 1.28 bits per heavy atom. The van der Waals surface area contributed by atoms with Gasteiger partial charge in [-0.1, -0.05) is 18.2 Å². The van der Waals surface area contributed by atoms with E-state index in [0.717, 1.165) is 31.4 Å². The van der Waals surface area contributed by atoms with Crippen LogP contribution in [0.2, 0.25) is 0 Å². The number of benzene rings is 1. The highest BCUT2D eigenvalue weighted by molar-refractivity contribution is 5.89. The minimum absolute atomic E-state index is 0.317. The van der Waals surface area contributed by atoms with Crippen LogP contribution in [0, 0.1) is 11.3 Å². The van der Waals surface area contributed by atoms with Gasteiger partial charge < -0.3 is 10.2 Å². The topological polar surface area (TPSA) is 81.9 Å². The Labute approximate surface area is 147 Å². The molecule has 0 saturated carbocycles. The summed E-state index contributed by atoms with van der Waals surface area (Å²) >= 11 is 0. The quantitative estimate of drug-likeness (QED) is 0.849. The third-order valence-electron chi connectivity index (χ3n) is 4.32. The van der Waals surface area contributed by atoms with Crippen LogP contribution in [-0.4, -0.2) is 35.5 Å². The van der Waals surface area contributed by atoms with Crippen LogP contribution in [-0.2, 0) is 4.79 Å². The number of anilines is 1. The third-order valence-corrected chi connectivity index (χ3v) is 4.32. The molecule has 0 radical (unpaired) electrons. The van der Waals surface area contributed by atoms with Crippen molar-refractivity contribution in [1.82, 2.24) is 15.3 Å². The summed E-state index contributed by atoms with van der Waals surface area (Å²) in [6.07, 6.45) is 4.93. The molecular weight excluding hydrogens is 314 g/mol. The average molecular weight is 335 g/mol. The molecule has 6 nitrogen and oxygen atoms in total. The van der Waals surface area contributed by atoms with Gasteiger partial charge in [0.1, 0.15) is 5.69 Å². The number of carbonyl (C=O) groups is 1. The molecule has 0 bridgehead atoms. The van der Waals surface area contributed by atoms with E-state index in [2.05, 4.69) is 27.8 Å². The molecular formula is C19H21N5O. The molecule has 1 aromatic heterocycles. The molecule has 0 unspecified atom stereocenters. The number of nitrogens with one attached hydrogen (secondary N) is 1. The van der Waals surface area contributed by atoms with E-state index in [9.17, 15) is 10.1 Å². The summed E-state index contributed by atoms with van der Waals surface area (Å²) in [5.41, 5.74) is 1.90. The second kappa shape index (κ2) is 7.75. The monoisotopic (exact) mass is 335 g/mol. The highest BCUT2D eigenvalue weighted by atomic mass is 16.1. The summed E-state index contributed by atoms with van der Waals surface area (Å²) in [5.74, 6) is -0.710. The molecule has 6 heteroatoms. The molecule has 0 spiro atoms. The average Bonchev–Trinajstić information content (AvgIpc) is 2.67. The van der Waals surface area contributed by atoms with Crippen molar-refractivity contribution < 1.29 is 4.79 Å². The number of hydrogen-bond acceptors (Lipinski definition) is 5. The van der Waals surface area contributed by atoms with Crippen LogP contribution in [0.1, 0.15) is 30.9 Å². The fourth-order valence-electron chi connectivity index (χ4n) is 3.06. The number of fused-ring (bicyclic) bond motifs is 1. The van der Waals surface area contributed by atoms with E-state index in [1.54, 1.807) is 6.08 Å². The fourth-order valence-corrected chi connectivity index (χ4v) is 3.06. The number of nitriles is 1. The van der Waals surface area contributed by atoms with Crippen molar-refractivity contribution in [3.05, 3.63) is 42.6 Å². The second-order valence-electron chi connectivity index (χ2n) is 6.06. The first-order chi connectivity index (χ1) is 12.2. The van der Waals surface area contributed by atoms with E-state index in [1.807, 2.05) is 24.3 Å². The molecule has 1 aromatic carbocycles. The van der Waals surface area contributed by atoms with Crippen LogP contribution in [0.25, 0.3) is 11.0 Å². The molecule has 128 valence electrons. The molecule has 1 atom stereocenters. The molecule has 0 aliphatic carbocycles. The van der Waals surface area contributed by atoms with Gasteiger partial charge in [-0.3, -0.25) is 4.79 Å². The molecule has 1 aliphatic heterocycles. The van der Waals surface area contributed by atoms with Gasteiger partial charge in [0.15, 0.2) is 11.7 Å². The van der Waals surface area contributed by atoms with Gasteiger partial charge in [0.25, 0.3) is 0 Å². The van der Waals surface area contributed by atoms with Crippen molar-refractivity contribution in [3.8, 4) is 6.07 Å². The Hall–Kier alpha value is -2.94. The number of carbonyl (C=O) groups excluding carboxylic acids is 1. The maximum absolute atomic E-state index is 12.4. The van der Waals surface area contributed by atoms with Crippen LogP contribution >= 0.6 is 0 Å². The first kappa shape index (κ1) is 16.9. The Morgan fingerprint density at radius 2 is 1.96 bits per heavy atom. The highest BCUT2D eigenvalue weighted by Crippen LogP contribution is 2.29. The fraction of sp³-hybridized carbons (Fsp3) is 0.368. The number of nitrogens with zero attached hydrogens (tertiary/aromatic N) is 4. The van der Waals surface area contributed by atoms with Crippen molar-refractivity contribution in [1.29, 1.82) is 5.26 Å².